The van der Waals surface area contributed by atoms with Gasteiger partial charge in [-0.3, -0.25) is 19.7 Å². The number of ether oxygens (including phenoxy) is 1. The molecule has 9 nitrogen and oxygen atoms in total. The van der Waals surface area contributed by atoms with Gasteiger partial charge in [-0.05, 0) is 24.6 Å². The monoisotopic (exact) mass is 413 g/mol. The summed E-state index contributed by atoms with van der Waals surface area (Å²) < 4.78 is 10.4. The molecule has 0 saturated carbocycles. The van der Waals surface area contributed by atoms with Gasteiger partial charge >= 0.3 is 12.0 Å². The number of hydrogen-bond donors (Lipinski definition) is 2. The van der Waals surface area contributed by atoms with Crippen LogP contribution in [0, 0.1) is 5.92 Å². The Labute approximate surface area is 173 Å². The molecule has 1 aliphatic rings. The number of nitrogens with one attached hydrogen (secondary N) is 2. The number of carbonyl (C=O) groups is 4. The number of benzene rings is 1. The molecule has 0 radical (unpaired) electrons. The molecule has 1 aliphatic heterocycles. The maximum absolute atomic E-state index is 12.3. The largest absolute Gasteiger partial charge is 0.467 e. The van der Waals surface area contributed by atoms with Crippen molar-refractivity contribution in [3.05, 3.63) is 60.1 Å². The van der Waals surface area contributed by atoms with Gasteiger partial charge < -0.3 is 19.4 Å². The van der Waals surface area contributed by atoms with Crippen molar-refractivity contribution >= 4 is 23.8 Å². The zero-order valence-electron chi connectivity index (χ0n) is 16.5. The van der Waals surface area contributed by atoms with E-state index in [1.165, 1.54) is 18.1 Å². The lowest BCUT2D eigenvalue weighted by atomic mass is 10.1. The third kappa shape index (κ3) is 5.69. The molecule has 3 rings (SSSR count). The van der Waals surface area contributed by atoms with Crippen LogP contribution in [0.2, 0.25) is 0 Å². The number of urea groups is 1. The maximum atomic E-state index is 12.3. The van der Waals surface area contributed by atoms with Crippen LogP contribution in [-0.4, -0.2) is 41.4 Å². The number of nitrogens with zero attached hydrogens (tertiary/aromatic N) is 1. The third-order valence-corrected chi connectivity index (χ3v) is 4.67. The summed E-state index contributed by atoms with van der Waals surface area (Å²) in [5.74, 6) is -1.64. The van der Waals surface area contributed by atoms with Crippen LogP contribution in [0.5, 0.6) is 0 Å². The zero-order valence-corrected chi connectivity index (χ0v) is 16.5. The molecule has 0 aliphatic carbocycles. The lowest BCUT2D eigenvalue weighted by Crippen LogP contribution is -2.45. The number of imide groups is 1. The van der Waals surface area contributed by atoms with Crippen molar-refractivity contribution in [2.45, 2.75) is 32.5 Å². The van der Waals surface area contributed by atoms with Gasteiger partial charge in [0.1, 0.15) is 5.76 Å². The van der Waals surface area contributed by atoms with Crippen molar-refractivity contribution in [1.82, 2.24) is 15.5 Å². The van der Waals surface area contributed by atoms with Crippen molar-refractivity contribution in [2.24, 2.45) is 5.92 Å². The van der Waals surface area contributed by atoms with Crippen LogP contribution in [0.4, 0.5) is 4.79 Å². The summed E-state index contributed by atoms with van der Waals surface area (Å²) >= 11 is 0. The highest BCUT2D eigenvalue weighted by atomic mass is 16.5. The molecule has 2 N–H and O–H groups in total. The van der Waals surface area contributed by atoms with E-state index in [9.17, 15) is 19.2 Å². The molecule has 1 fully saturated rings. The fourth-order valence-corrected chi connectivity index (χ4v) is 3.03. The predicted molar refractivity (Wildman–Crippen MR) is 105 cm³/mol. The van der Waals surface area contributed by atoms with Crippen molar-refractivity contribution in [1.29, 1.82) is 0 Å². The van der Waals surface area contributed by atoms with E-state index < -0.39 is 29.9 Å². The number of hydrogen-bond acceptors (Lipinski definition) is 6. The van der Waals surface area contributed by atoms with Crippen molar-refractivity contribution in [3.63, 3.8) is 0 Å². The minimum Gasteiger partial charge on any atom is -0.467 e. The van der Waals surface area contributed by atoms with Gasteiger partial charge in [-0.25, -0.2) is 4.79 Å². The van der Waals surface area contributed by atoms with Gasteiger partial charge in [0.05, 0.1) is 18.7 Å². The minimum atomic E-state index is -1.17. The van der Waals surface area contributed by atoms with E-state index in [0.717, 1.165) is 5.56 Å². The standard InChI is InChI=1S/C21H23N3O6/c1-14(19(26)23-21(28)22-11-15-6-3-2-4-7-15)30-20(27)16-10-18(25)24(12-16)13-17-8-5-9-29-17/h2-9,14,16H,10-13H2,1H3,(H2,22,23,26,28)/t14-,16-/m1/s1. The summed E-state index contributed by atoms with van der Waals surface area (Å²) in [6, 6.07) is 12.0. The van der Waals surface area contributed by atoms with Gasteiger partial charge in [-0.1, -0.05) is 30.3 Å². The number of rotatable bonds is 7. The Morgan fingerprint density at radius 3 is 2.67 bits per heavy atom. The van der Waals surface area contributed by atoms with Crippen molar-refractivity contribution in [3.8, 4) is 0 Å². The molecule has 0 unspecified atom stereocenters. The highest BCUT2D eigenvalue weighted by Gasteiger charge is 2.37. The molecule has 4 amide bonds. The summed E-state index contributed by atoms with van der Waals surface area (Å²) in [5, 5.41) is 4.69. The Balaban J connectivity index is 1.42. The summed E-state index contributed by atoms with van der Waals surface area (Å²) in [7, 11) is 0. The molecule has 2 atom stereocenters. The van der Waals surface area contributed by atoms with E-state index in [1.807, 2.05) is 30.3 Å². The molecule has 1 aromatic heterocycles. The number of amides is 4. The van der Waals surface area contributed by atoms with Crippen molar-refractivity contribution < 1.29 is 28.3 Å². The van der Waals surface area contributed by atoms with E-state index in [2.05, 4.69) is 10.6 Å². The van der Waals surface area contributed by atoms with Gasteiger partial charge in [-0.2, -0.15) is 0 Å². The van der Waals surface area contributed by atoms with Crippen LogP contribution in [0.25, 0.3) is 0 Å². The molecule has 0 bridgehead atoms. The normalized spacial score (nSPS) is 16.8. The van der Waals surface area contributed by atoms with Gasteiger partial charge in [0, 0.05) is 19.5 Å². The number of carbonyl (C=O) groups excluding carboxylic acids is 4. The van der Waals surface area contributed by atoms with Crippen LogP contribution < -0.4 is 10.6 Å². The first-order valence-corrected chi connectivity index (χ1v) is 9.55. The molecular weight excluding hydrogens is 390 g/mol. The molecule has 158 valence electrons. The van der Waals surface area contributed by atoms with Crippen LogP contribution in [0.1, 0.15) is 24.7 Å². The molecule has 2 heterocycles. The number of furan rings is 1. The van der Waals surface area contributed by atoms with Crippen LogP contribution in [0.15, 0.2) is 53.1 Å². The Morgan fingerprint density at radius 2 is 1.97 bits per heavy atom. The van der Waals surface area contributed by atoms with Gasteiger partial charge in [0.2, 0.25) is 5.91 Å². The fourth-order valence-electron chi connectivity index (χ4n) is 3.03. The lowest BCUT2D eigenvalue weighted by molar-refractivity contribution is -0.158. The zero-order chi connectivity index (χ0) is 21.5. The van der Waals surface area contributed by atoms with E-state index in [0.29, 0.717) is 5.76 Å². The van der Waals surface area contributed by atoms with E-state index in [1.54, 1.807) is 12.1 Å². The second-order valence-electron chi connectivity index (χ2n) is 6.99. The van der Waals surface area contributed by atoms with Gasteiger partial charge in [0.25, 0.3) is 5.91 Å². The fraction of sp³-hybridized carbons (Fsp3) is 0.333. The highest BCUT2D eigenvalue weighted by molar-refractivity contribution is 5.97. The SMILES string of the molecule is C[C@@H](OC(=O)[C@@H]1CC(=O)N(Cc2ccco2)C1)C(=O)NC(=O)NCc1ccccc1. The molecule has 1 aromatic carbocycles. The third-order valence-electron chi connectivity index (χ3n) is 4.67. The first kappa shape index (κ1) is 21.1. The number of likely N-dealkylation sites (tertiary alicyclic amines) is 1. The first-order valence-electron chi connectivity index (χ1n) is 9.55. The van der Waals surface area contributed by atoms with E-state index in [-0.39, 0.29) is 32.0 Å². The minimum absolute atomic E-state index is 0.00540. The summed E-state index contributed by atoms with van der Waals surface area (Å²) in [4.78, 5) is 49.9. The second kappa shape index (κ2) is 9.73. The van der Waals surface area contributed by atoms with Crippen molar-refractivity contribution in [2.75, 3.05) is 6.54 Å². The predicted octanol–water partition coefficient (Wildman–Crippen LogP) is 1.59. The summed E-state index contributed by atoms with van der Waals surface area (Å²) in [6.45, 7) is 2.08. The maximum Gasteiger partial charge on any atom is 0.321 e. The Bertz CT molecular complexity index is 897. The first-order chi connectivity index (χ1) is 14.4. The quantitative estimate of drug-likeness (QED) is 0.666. The topological polar surface area (TPSA) is 118 Å². The van der Waals surface area contributed by atoms with Gasteiger partial charge in [-0.15, -0.1) is 0 Å². The average Bonchev–Trinajstić information content (AvgIpc) is 3.37. The van der Waals surface area contributed by atoms with E-state index >= 15 is 0 Å². The molecule has 30 heavy (non-hydrogen) atoms. The Kier molecular flexibility index (Phi) is 6.84. The lowest BCUT2D eigenvalue weighted by Gasteiger charge is -2.17. The Hall–Kier alpha value is -3.62. The second-order valence-corrected chi connectivity index (χ2v) is 6.99. The van der Waals surface area contributed by atoms with Crippen LogP contribution >= 0.6 is 0 Å². The summed E-state index contributed by atoms with van der Waals surface area (Å²) in [6.07, 6.45) is 0.345. The van der Waals surface area contributed by atoms with Crippen LogP contribution in [0.3, 0.4) is 0 Å². The van der Waals surface area contributed by atoms with E-state index in [4.69, 9.17) is 9.15 Å². The molecule has 1 saturated heterocycles. The molecule has 2 aromatic rings. The molecule has 9 heteroatoms. The molecule has 0 spiro atoms. The molecular formula is C21H23N3O6. The highest BCUT2D eigenvalue weighted by Crippen LogP contribution is 2.22. The number of esters is 1. The Morgan fingerprint density at radius 1 is 1.20 bits per heavy atom. The summed E-state index contributed by atoms with van der Waals surface area (Å²) in [5.41, 5.74) is 0.879. The average molecular weight is 413 g/mol. The van der Waals surface area contributed by atoms with Crippen LogP contribution in [-0.2, 0) is 32.2 Å². The smallest absolute Gasteiger partial charge is 0.321 e. The van der Waals surface area contributed by atoms with Gasteiger partial charge in [0.15, 0.2) is 6.10 Å².